The van der Waals surface area contributed by atoms with E-state index in [1.165, 1.54) is 6.92 Å². The van der Waals surface area contributed by atoms with E-state index in [1.54, 1.807) is 23.1 Å². The number of anilines is 3. The fourth-order valence-electron chi connectivity index (χ4n) is 3.30. The summed E-state index contributed by atoms with van der Waals surface area (Å²) in [4.78, 5) is 38.0. The van der Waals surface area contributed by atoms with Gasteiger partial charge in [0.2, 0.25) is 5.91 Å². The minimum absolute atomic E-state index is 0.0352. The molecular weight excluding hydrogens is 342 g/mol. The van der Waals surface area contributed by atoms with Crippen LogP contribution < -0.4 is 15.5 Å². The van der Waals surface area contributed by atoms with Gasteiger partial charge in [-0.3, -0.25) is 14.4 Å². The summed E-state index contributed by atoms with van der Waals surface area (Å²) in [5.74, 6) is -1.52. The van der Waals surface area contributed by atoms with Gasteiger partial charge in [-0.05, 0) is 56.0 Å². The number of hydrogen-bond acceptors (Lipinski definition) is 3. The van der Waals surface area contributed by atoms with Crippen molar-refractivity contribution in [3.05, 3.63) is 53.1 Å². The minimum atomic E-state index is -0.750. The molecule has 3 amide bonds. The molecule has 0 aliphatic carbocycles. The van der Waals surface area contributed by atoms with Crippen molar-refractivity contribution in [2.75, 3.05) is 22.1 Å². The molecule has 0 saturated carbocycles. The Kier molecular flexibility index (Phi) is 5.26. The molecule has 3 rings (SSSR count). The Morgan fingerprint density at radius 1 is 0.963 bits per heavy atom. The lowest BCUT2D eigenvalue weighted by molar-refractivity contribution is -0.133. The van der Waals surface area contributed by atoms with E-state index in [0.717, 1.165) is 35.2 Å². The van der Waals surface area contributed by atoms with E-state index in [4.69, 9.17) is 0 Å². The van der Waals surface area contributed by atoms with Gasteiger partial charge in [-0.15, -0.1) is 0 Å². The van der Waals surface area contributed by atoms with Crippen LogP contribution in [0.4, 0.5) is 17.1 Å². The molecule has 0 aromatic heterocycles. The van der Waals surface area contributed by atoms with Gasteiger partial charge in [0.25, 0.3) is 0 Å². The number of carbonyl (C=O) groups excluding carboxylic acids is 3. The quantitative estimate of drug-likeness (QED) is 0.803. The van der Waals surface area contributed by atoms with Crippen LogP contribution in [0.25, 0.3) is 0 Å². The molecule has 2 aromatic rings. The van der Waals surface area contributed by atoms with Crippen LogP contribution in [-0.2, 0) is 20.8 Å². The maximum atomic E-state index is 12.3. The Morgan fingerprint density at radius 2 is 1.70 bits per heavy atom. The molecule has 0 spiro atoms. The molecule has 0 atom stereocenters. The molecule has 1 aliphatic heterocycles. The number of fused-ring (bicyclic) bond motifs is 1. The molecule has 1 aliphatic rings. The lowest BCUT2D eigenvalue weighted by Crippen LogP contribution is -2.34. The molecule has 2 N–H and O–H groups in total. The van der Waals surface area contributed by atoms with Gasteiger partial charge >= 0.3 is 11.8 Å². The fraction of sp³-hybridized carbons (Fsp3) is 0.286. The number of aryl methyl sites for hydroxylation is 3. The number of nitrogens with one attached hydrogen (secondary N) is 2. The van der Waals surface area contributed by atoms with E-state index in [0.29, 0.717) is 17.9 Å². The first-order valence-electron chi connectivity index (χ1n) is 8.96. The van der Waals surface area contributed by atoms with Crippen LogP contribution in [0, 0.1) is 13.8 Å². The maximum Gasteiger partial charge on any atom is 0.314 e. The van der Waals surface area contributed by atoms with Crippen LogP contribution in [0.2, 0.25) is 0 Å². The lowest BCUT2D eigenvalue weighted by Gasteiger charge is -2.29. The monoisotopic (exact) mass is 365 g/mol. The summed E-state index contributed by atoms with van der Waals surface area (Å²) in [6.45, 7) is 6.02. The topological polar surface area (TPSA) is 78.5 Å². The van der Waals surface area contributed by atoms with Crippen LogP contribution in [0.5, 0.6) is 0 Å². The Morgan fingerprint density at radius 3 is 2.41 bits per heavy atom. The van der Waals surface area contributed by atoms with Crippen molar-refractivity contribution in [2.45, 2.75) is 33.6 Å². The first-order chi connectivity index (χ1) is 12.8. The van der Waals surface area contributed by atoms with Gasteiger partial charge in [0.1, 0.15) is 0 Å². The Bertz CT molecular complexity index is 921. The van der Waals surface area contributed by atoms with Crippen molar-refractivity contribution in [1.82, 2.24) is 0 Å². The van der Waals surface area contributed by atoms with Crippen molar-refractivity contribution in [3.63, 3.8) is 0 Å². The second kappa shape index (κ2) is 7.61. The van der Waals surface area contributed by atoms with Gasteiger partial charge < -0.3 is 15.5 Å². The second-order valence-corrected chi connectivity index (χ2v) is 6.84. The zero-order valence-corrected chi connectivity index (χ0v) is 15.8. The van der Waals surface area contributed by atoms with Crippen molar-refractivity contribution >= 4 is 34.8 Å². The third-order valence-electron chi connectivity index (χ3n) is 4.68. The van der Waals surface area contributed by atoms with E-state index in [1.807, 2.05) is 32.0 Å². The van der Waals surface area contributed by atoms with Crippen LogP contribution >= 0.6 is 0 Å². The van der Waals surface area contributed by atoms with Crippen molar-refractivity contribution in [2.24, 2.45) is 0 Å². The molecule has 1 heterocycles. The summed E-state index contributed by atoms with van der Waals surface area (Å²) in [7, 11) is 0. The fourth-order valence-corrected chi connectivity index (χ4v) is 3.30. The van der Waals surface area contributed by atoms with Gasteiger partial charge in [-0.2, -0.15) is 0 Å². The van der Waals surface area contributed by atoms with Crippen LogP contribution in [0.15, 0.2) is 36.4 Å². The van der Waals surface area contributed by atoms with E-state index in [-0.39, 0.29) is 5.91 Å². The zero-order valence-electron chi connectivity index (χ0n) is 15.8. The average Bonchev–Trinajstić information content (AvgIpc) is 2.63. The highest BCUT2D eigenvalue weighted by molar-refractivity contribution is 6.43. The number of amides is 3. The molecule has 0 radical (unpaired) electrons. The smallest absolute Gasteiger partial charge is 0.314 e. The minimum Gasteiger partial charge on any atom is -0.318 e. The summed E-state index contributed by atoms with van der Waals surface area (Å²) in [6, 6.07) is 11.0. The molecule has 0 bridgehead atoms. The molecule has 6 nitrogen and oxygen atoms in total. The lowest BCUT2D eigenvalue weighted by atomic mass is 10.0. The Hall–Kier alpha value is -3.15. The predicted octanol–water partition coefficient (Wildman–Crippen LogP) is 3.18. The number of rotatable bonds is 2. The number of hydrogen-bond donors (Lipinski definition) is 2. The van der Waals surface area contributed by atoms with Gasteiger partial charge in [0.15, 0.2) is 0 Å². The zero-order chi connectivity index (χ0) is 19.6. The van der Waals surface area contributed by atoms with Gasteiger partial charge in [0.05, 0.1) is 0 Å². The van der Waals surface area contributed by atoms with Crippen LogP contribution in [-0.4, -0.2) is 24.3 Å². The number of benzene rings is 2. The number of carbonyl (C=O) groups is 3. The molecule has 140 valence electrons. The maximum absolute atomic E-state index is 12.3. The first kappa shape index (κ1) is 18.6. The molecule has 2 aromatic carbocycles. The van der Waals surface area contributed by atoms with Crippen molar-refractivity contribution in [1.29, 1.82) is 0 Å². The molecule has 6 heteroatoms. The highest BCUT2D eigenvalue weighted by Crippen LogP contribution is 2.30. The first-order valence-corrected chi connectivity index (χ1v) is 8.96. The average molecular weight is 365 g/mol. The molecule has 0 unspecified atom stereocenters. The highest BCUT2D eigenvalue weighted by Gasteiger charge is 2.21. The van der Waals surface area contributed by atoms with Crippen molar-refractivity contribution < 1.29 is 14.4 Å². The van der Waals surface area contributed by atoms with Crippen LogP contribution in [0.3, 0.4) is 0 Å². The Labute approximate surface area is 158 Å². The van der Waals surface area contributed by atoms with Gasteiger partial charge in [-0.25, -0.2) is 0 Å². The normalized spacial score (nSPS) is 12.9. The van der Waals surface area contributed by atoms with E-state index >= 15 is 0 Å². The van der Waals surface area contributed by atoms with E-state index in [2.05, 4.69) is 10.6 Å². The molecule has 0 fully saturated rings. The Balaban J connectivity index is 1.73. The summed E-state index contributed by atoms with van der Waals surface area (Å²) in [5, 5.41) is 5.24. The highest BCUT2D eigenvalue weighted by atomic mass is 16.2. The largest absolute Gasteiger partial charge is 0.318 e. The second-order valence-electron chi connectivity index (χ2n) is 6.84. The summed E-state index contributed by atoms with van der Waals surface area (Å²) in [6.07, 6.45) is 1.80. The molecular formula is C21H23N3O3. The van der Waals surface area contributed by atoms with Gasteiger partial charge in [0, 0.05) is 30.5 Å². The van der Waals surface area contributed by atoms with Gasteiger partial charge in [-0.1, -0.05) is 23.8 Å². The van der Waals surface area contributed by atoms with Crippen LogP contribution in [0.1, 0.15) is 30.0 Å². The number of nitrogens with zero attached hydrogens (tertiary/aromatic N) is 1. The van der Waals surface area contributed by atoms with E-state index in [9.17, 15) is 14.4 Å². The molecule has 27 heavy (non-hydrogen) atoms. The van der Waals surface area contributed by atoms with Crippen molar-refractivity contribution in [3.8, 4) is 0 Å². The summed E-state index contributed by atoms with van der Waals surface area (Å²) < 4.78 is 0. The SMILES string of the molecule is CC(=O)N1CCCc2ccc(NC(=O)C(=O)Nc3ccc(C)cc3C)cc21. The summed E-state index contributed by atoms with van der Waals surface area (Å²) in [5.41, 5.74) is 4.92. The van der Waals surface area contributed by atoms with E-state index < -0.39 is 11.8 Å². The standard InChI is InChI=1S/C21H23N3O3/c1-13-6-9-18(14(2)11-13)23-21(27)20(26)22-17-8-7-16-5-4-10-24(15(3)25)19(16)12-17/h6-9,11-12H,4-5,10H2,1-3H3,(H,22,26)(H,23,27). The molecule has 0 saturated heterocycles. The third-order valence-corrected chi connectivity index (χ3v) is 4.68. The predicted molar refractivity (Wildman–Crippen MR) is 106 cm³/mol. The summed E-state index contributed by atoms with van der Waals surface area (Å²) >= 11 is 0. The third kappa shape index (κ3) is 4.16.